The van der Waals surface area contributed by atoms with Crippen molar-refractivity contribution in [2.75, 3.05) is 5.32 Å². The van der Waals surface area contributed by atoms with Gasteiger partial charge in [-0.2, -0.15) is 5.10 Å². The molecular weight excluding hydrogens is 295 g/mol. The Kier molecular flexibility index (Phi) is 3.60. The fourth-order valence-corrected chi connectivity index (χ4v) is 2.67. The van der Waals surface area contributed by atoms with Crippen molar-refractivity contribution in [1.82, 2.24) is 14.8 Å². The predicted octanol–water partition coefficient (Wildman–Crippen LogP) is 3.28. The van der Waals surface area contributed by atoms with Crippen LogP contribution in [-0.2, 0) is 7.05 Å². The Bertz CT molecular complexity index is 930. The van der Waals surface area contributed by atoms with E-state index in [9.17, 15) is 9.18 Å². The van der Waals surface area contributed by atoms with Crippen LogP contribution in [0.2, 0.25) is 0 Å². The quantitative estimate of drug-likeness (QED) is 0.790. The van der Waals surface area contributed by atoms with Gasteiger partial charge in [0.25, 0.3) is 5.91 Å². The number of benzene rings is 1. The first-order valence-corrected chi connectivity index (χ1v) is 7.25. The lowest BCUT2D eigenvalue weighted by Gasteiger charge is -2.10. The number of carbonyl (C=O) groups is 1. The van der Waals surface area contributed by atoms with Crippen LogP contribution in [0.15, 0.2) is 24.3 Å². The highest BCUT2D eigenvalue weighted by Crippen LogP contribution is 2.24. The van der Waals surface area contributed by atoms with Gasteiger partial charge in [-0.1, -0.05) is 6.07 Å². The topological polar surface area (TPSA) is 59.8 Å². The number of anilines is 1. The van der Waals surface area contributed by atoms with E-state index in [1.165, 1.54) is 12.1 Å². The van der Waals surface area contributed by atoms with Crippen molar-refractivity contribution in [2.45, 2.75) is 20.8 Å². The van der Waals surface area contributed by atoms with Gasteiger partial charge in [-0.3, -0.25) is 9.48 Å². The summed E-state index contributed by atoms with van der Waals surface area (Å²) in [6.45, 7) is 5.48. The summed E-state index contributed by atoms with van der Waals surface area (Å²) in [6.07, 6.45) is 0. The van der Waals surface area contributed by atoms with E-state index in [0.717, 1.165) is 17.0 Å². The molecule has 6 heteroatoms. The van der Waals surface area contributed by atoms with Crippen molar-refractivity contribution >= 4 is 22.6 Å². The van der Waals surface area contributed by atoms with Gasteiger partial charge in [0.2, 0.25) is 0 Å². The average Bonchev–Trinajstić information content (AvgIpc) is 2.77. The molecule has 3 rings (SSSR count). The molecule has 1 amide bonds. The summed E-state index contributed by atoms with van der Waals surface area (Å²) in [4.78, 5) is 17.1. The summed E-state index contributed by atoms with van der Waals surface area (Å²) in [5.41, 5.74) is 3.85. The zero-order chi connectivity index (χ0) is 16.7. The highest BCUT2D eigenvalue weighted by atomic mass is 19.1. The summed E-state index contributed by atoms with van der Waals surface area (Å²) in [6, 6.07) is 6.04. The standard InChI is InChI=1S/C17H17FN4O/c1-9-5-6-12(18)8-14(9)20-17(23)13-7-10(2)19-16-15(13)11(3)21-22(16)4/h5-8H,1-4H3,(H,20,23). The molecule has 0 spiro atoms. The first-order chi connectivity index (χ1) is 10.9. The van der Waals surface area contributed by atoms with E-state index in [-0.39, 0.29) is 11.7 Å². The molecule has 0 atom stereocenters. The van der Waals surface area contributed by atoms with Gasteiger partial charge in [-0.25, -0.2) is 9.37 Å². The lowest BCUT2D eigenvalue weighted by atomic mass is 10.1. The van der Waals surface area contributed by atoms with E-state index in [1.54, 1.807) is 23.9 Å². The molecule has 5 nitrogen and oxygen atoms in total. The number of nitrogens with zero attached hydrogens (tertiary/aromatic N) is 3. The Morgan fingerprint density at radius 2 is 1.96 bits per heavy atom. The van der Waals surface area contributed by atoms with Crippen LogP contribution in [0.1, 0.15) is 27.3 Å². The molecule has 0 fully saturated rings. The number of hydrogen-bond donors (Lipinski definition) is 1. The number of hydrogen-bond acceptors (Lipinski definition) is 3. The van der Waals surface area contributed by atoms with Crippen molar-refractivity contribution in [3.63, 3.8) is 0 Å². The zero-order valence-electron chi connectivity index (χ0n) is 13.4. The second-order valence-corrected chi connectivity index (χ2v) is 5.63. The minimum Gasteiger partial charge on any atom is -0.322 e. The number of fused-ring (bicyclic) bond motifs is 1. The normalized spacial score (nSPS) is 11.0. The van der Waals surface area contributed by atoms with Gasteiger partial charge in [-0.15, -0.1) is 0 Å². The molecule has 0 radical (unpaired) electrons. The molecule has 0 aliphatic rings. The smallest absolute Gasteiger partial charge is 0.256 e. The molecule has 0 aliphatic heterocycles. The second-order valence-electron chi connectivity index (χ2n) is 5.63. The van der Waals surface area contributed by atoms with Gasteiger partial charge in [0.1, 0.15) is 5.82 Å². The molecule has 1 aromatic carbocycles. The Balaban J connectivity index is 2.09. The van der Waals surface area contributed by atoms with Gasteiger partial charge >= 0.3 is 0 Å². The van der Waals surface area contributed by atoms with Crippen LogP contribution in [0, 0.1) is 26.6 Å². The van der Waals surface area contributed by atoms with Crippen molar-refractivity contribution in [3.05, 3.63) is 52.6 Å². The first kappa shape index (κ1) is 15.1. The van der Waals surface area contributed by atoms with Gasteiger partial charge in [0, 0.05) is 18.4 Å². The highest BCUT2D eigenvalue weighted by molar-refractivity contribution is 6.12. The van der Waals surface area contributed by atoms with E-state index < -0.39 is 0 Å². The molecule has 1 N–H and O–H groups in total. The monoisotopic (exact) mass is 312 g/mol. The van der Waals surface area contributed by atoms with E-state index in [1.807, 2.05) is 20.8 Å². The van der Waals surface area contributed by atoms with Gasteiger partial charge in [-0.05, 0) is 44.5 Å². The van der Waals surface area contributed by atoms with Gasteiger partial charge in [0.05, 0.1) is 16.6 Å². The third kappa shape index (κ3) is 2.67. The first-order valence-electron chi connectivity index (χ1n) is 7.25. The average molecular weight is 312 g/mol. The van der Waals surface area contributed by atoms with Crippen molar-refractivity contribution < 1.29 is 9.18 Å². The maximum absolute atomic E-state index is 13.4. The van der Waals surface area contributed by atoms with Crippen LogP contribution in [0.4, 0.5) is 10.1 Å². The van der Waals surface area contributed by atoms with E-state index in [4.69, 9.17) is 0 Å². The van der Waals surface area contributed by atoms with Gasteiger partial charge < -0.3 is 5.32 Å². The fraction of sp³-hybridized carbons (Fsp3) is 0.235. The number of aromatic nitrogens is 3. The van der Waals surface area contributed by atoms with Crippen LogP contribution in [0.25, 0.3) is 11.0 Å². The van der Waals surface area contributed by atoms with Crippen LogP contribution >= 0.6 is 0 Å². The maximum atomic E-state index is 13.4. The molecule has 2 heterocycles. The fourth-order valence-electron chi connectivity index (χ4n) is 2.67. The van der Waals surface area contributed by atoms with Crippen LogP contribution in [-0.4, -0.2) is 20.7 Å². The minimum atomic E-state index is -0.389. The molecule has 118 valence electrons. The Hall–Kier alpha value is -2.76. The van der Waals surface area contributed by atoms with Crippen molar-refractivity contribution in [2.24, 2.45) is 7.05 Å². The Morgan fingerprint density at radius 3 is 2.70 bits per heavy atom. The molecule has 0 unspecified atom stereocenters. The maximum Gasteiger partial charge on any atom is 0.256 e. The summed E-state index contributed by atoms with van der Waals surface area (Å²) in [5, 5.41) is 7.82. The minimum absolute atomic E-state index is 0.301. The zero-order valence-corrected chi connectivity index (χ0v) is 13.4. The summed E-state index contributed by atoms with van der Waals surface area (Å²) in [7, 11) is 1.79. The predicted molar refractivity (Wildman–Crippen MR) is 87.1 cm³/mol. The van der Waals surface area contributed by atoms with E-state index in [2.05, 4.69) is 15.4 Å². The van der Waals surface area contributed by atoms with Gasteiger partial charge in [0.15, 0.2) is 5.65 Å². The molecule has 0 saturated heterocycles. The highest BCUT2D eigenvalue weighted by Gasteiger charge is 2.18. The molecule has 0 aliphatic carbocycles. The molecule has 0 saturated carbocycles. The third-order valence-electron chi connectivity index (χ3n) is 3.79. The molecular formula is C17H17FN4O. The SMILES string of the molecule is Cc1cc(C(=O)Nc2cc(F)ccc2C)c2c(C)nn(C)c2n1. The number of halogens is 1. The van der Waals surface area contributed by atoms with Crippen LogP contribution < -0.4 is 5.32 Å². The lowest BCUT2D eigenvalue weighted by Crippen LogP contribution is -2.14. The third-order valence-corrected chi connectivity index (χ3v) is 3.79. The van der Waals surface area contributed by atoms with E-state index >= 15 is 0 Å². The Morgan fingerprint density at radius 1 is 1.22 bits per heavy atom. The van der Waals surface area contributed by atoms with Crippen molar-refractivity contribution in [1.29, 1.82) is 0 Å². The number of rotatable bonds is 2. The summed E-state index contributed by atoms with van der Waals surface area (Å²) < 4.78 is 15.1. The molecule has 3 aromatic rings. The molecule has 2 aromatic heterocycles. The Labute approximate surface area is 133 Å². The molecule has 0 bridgehead atoms. The number of amides is 1. The second kappa shape index (κ2) is 5.46. The number of pyridine rings is 1. The number of nitrogens with one attached hydrogen (secondary N) is 1. The number of carbonyl (C=O) groups excluding carboxylic acids is 1. The number of aryl methyl sites for hydroxylation is 4. The van der Waals surface area contributed by atoms with Crippen molar-refractivity contribution in [3.8, 4) is 0 Å². The summed E-state index contributed by atoms with van der Waals surface area (Å²) in [5.74, 6) is -0.690. The summed E-state index contributed by atoms with van der Waals surface area (Å²) >= 11 is 0. The lowest BCUT2D eigenvalue weighted by molar-refractivity contribution is 0.102. The van der Waals surface area contributed by atoms with Crippen LogP contribution in [0.5, 0.6) is 0 Å². The molecule has 23 heavy (non-hydrogen) atoms. The van der Waals surface area contributed by atoms with E-state index in [0.29, 0.717) is 22.3 Å². The van der Waals surface area contributed by atoms with Crippen LogP contribution in [0.3, 0.4) is 0 Å². The largest absolute Gasteiger partial charge is 0.322 e.